The molecule has 0 heterocycles. The number of benzene rings is 1. The summed E-state index contributed by atoms with van der Waals surface area (Å²) in [5.74, 6) is 0. The highest BCUT2D eigenvalue weighted by molar-refractivity contribution is 9.10. The van der Waals surface area contributed by atoms with Crippen LogP contribution >= 0.6 is 15.9 Å². The summed E-state index contributed by atoms with van der Waals surface area (Å²) in [4.78, 5) is 0. The lowest BCUT2D eigenvalue weighted by molar-refractivity contribution is 0.766. The van der Waals surface area contributed by atoms with Crippen LogP contribution in [-0.2, 0) is 6.42 Å². The second-order valence-corrected chi connectivity index (χ2v) is 4.20. The molecule has 1 unspecified atom stereocenters. The molecule has 70 valence electrons. The Bertz CT molecular complexity index is 307. The SMILES string of the molecule is C=C(C)C(N)Cc1cccc(Br)c1. The zero-order valence-electron chi connectivity index (χ0n) is 7.76. The molecule has 1 atom stereocenters. The van der Waals surface area contributed by atoms with Gasteiger partial charge in [0.15, 0.2) is 0 Å². The Labute approximate surface area is 87.8 Å². The summed E-state index contributed by atoms with van der Waals surface area (Å²) in [5, 5.41) is 0. The Morgan fingerprint density at radius 3 is 2.85 bits per heavy atom. The smallest absolute Gasteiger partial charge is 0.0289 e. The van der Waals surface area contributed by atoms with Gasteiger partial charge in [0.25, 0.3) is 0 Å². The first-order chi connectivity index (χ1) is 6.09. The Morgan fingerprint density at radius 1 is 1.62 bits per heavy atom. The Kier molecular flexibility index (Phi) is 3.70. The molecule has 1 aromatic rings. The van der Waals surface area contributed by atoms with Gasteiger partial charge in [-0.3, -0.25) is 0 Å². The van der Waals surface area contributed by atoms with Crippen molar-refractivity contribution < 1.29 is 0 Å². The van der Waals surface area contributed by atoms with E-state index in [1.165, 1.54) is 5.56 Å². The normalized spacial score (nSPS) is 12.5. The molecule has 0 aliphatic heterocycles. The summed E-state index contributed by atoms with van der Waals surface area (Å²) in [5.41, 5.74) is 8.15. The van der Waals surface area contributed by atoms with Crippen LogP contribution in [0.5, 0.6) is 0 Å². The van der Waals surface area contributed by atoms with E-state index in [0.717, 1.165) is 16.5 Å². The number of nitrogens with two attached hydrogens (primary N) is 1. The van der Waals surface area contributed by atoms with Crippen molar-refractivity contribution >= 4 is 15.9 Å². The van der Waals surface area contributed by atoms with Crippen LogP contribution in [0.15, 0.2) is 40.9 Å². The van der Waals surface area contributed by atoms with E-state index in [9.17, 15) is 0 Å². The molecular weight excluding hydrogens is 226 g/mol. The topological polar surface area (TPSA) is 26.0 Å². The molecule has 0 amide bonds. The van der Waals surface area contributed by atoms with Crippen molar-refractivity contribution in [3.63, 3.8) is 0 Å². The van der Waals surface area contributed by atoms with Crippen molar-refractivity contribution in [2.45, 2.75) is 19.4 Å². The standard InChI is InChI=1S/C11H14BrN/c1-8(2)11(13)7-9-4-3-5-10(12)6-9/h3-6,11H,1,7,13H2,2H3. The molecule has 0 saturated carbocycles. The Morgan fingerprint density at radius 2 is 2.31 bits per heavy atom. The van der Waals surface area contributed by atoms with Gasteiger partial charge in [0.1, 0.15) is 0 Å². The number of rotatable bonds is 3. The van der Waals surface area contributed by atoms with Crippen molar-refractivity contribution in [1.82, 2.24) is 0 Å². The highest BCUT2D eigenvalue weighted by Gasteiger charge is 2.03. The third-order valence-corrected chi connectivity index (χ3v) is 2.47. The summed E-state index contributed by atoms with van der Waals surface area (Å²) < 4.78 is 1.10. The molecule has 0 saturated heterocycles. The molecule has 1 rings (SSSR count). The first-order valence-corrected chi connectivity index (χ1v) is 5.04. The highest BCUT2D eigenvalue weighted by atomic mass is 79.9. The molecular formula is C11H14BrN. The highest BCUT2D eigenvalue weighted by Crippen LogP contribution is 2.13. The molecule has 0 radical (unpaired) electrons. The maximum Gasteiger partial charge on any atom is 0.0289 e. The lowest BCUT2D eigenvalue weighted by Gasteiger charge is -2.10. The van der Waals surface area contributed by atoms with E-state index in [4.69, 9.17) is 5.73 Å². The molecule has 0 spiro atoms. The van der Waals surface area contributed by atoms with Crippen molar-refractivity contribution in [3.05, 3.63) is 46.5 Å². The maximum absolute atomic E-state index is 5.88. The van der Waals surface area contributed by atoms with Gasteiger partial charge in [-0.25, -0.2) is 0 Å². The second-order valence-electron chi connectivity index (χ2n) is 3.29. The van der Waals surface area contributed by atoms with Crippen molar-refractivity contribution in [2.75, 3.05) is 0 Å². The molecule has 2 heteroatoms. The predicted octanol–water partition coefficient (Wildman–Crippen LogP) is 2.90. The van der Waals surface area contributed by atoms with Gasteiger partial charge >= 0.3 is 0 Å². The van der Waals surface area contributed by atoms with Gasteiger partial charge in [0, 0.05) is 10.5 Å². The minimum absolute atomic E-state index is 0.0642. The largest absolute Gasteiger partial charge is 0.324 e. The predicted molar refractivity (Wildman–Crippen MR) is 60.6 cm³/mol. The van der Waals surface area contributed by atoms with Crippen LogP contribution in [0.1, 0.15) is 12.5 Å². The minimum Gasteiger partial charge on any atom is -0.324 e. The van der Waals surface area contributed by atoms with Crippen LogP contribution in [-0.4, -0.2) is 6.04 Å². The average Bonchev–Trinajstić information content (AvgIpc) is 2.04. The zero-order chi connectivity index (χ0) is 9.84. The van der Waals surface area contributed by atoms with E-state index in [1.54, 1.807) is 0 Å². The zero-order valence-corrected chi connectivity index (χ0v) is 9.34. The quantitative estimate of drug-likeness (QED) is 0.807. The van der Waals surface area contributed by atoms with E-state index < -0.39 is 0 Å². The molecule has 0 fully saturated rings. The third-order valence-electron chi connectivity index (χ3n) is 1.98. The summed E-state index contributed by atoms with van der Waals surface area (Å²) >= 11 is 3.43. The summed E-state index contributed by atoms with van der Waals surface area (Å²) in [7, 11) is 0. The van der Waals surface area contributed by atoms with Gasteiger partial charge in [-0.05, 0) is 31.0 Å². The van der Waals surface area contributed by atoms with Crippen LogP contribution in [0.25, 0.3) is 0 Å². The number of halogens is 1. The fourth-order valence-electron chi connectivity index (χ4n) is 1.09. The van der Waals surface area contributed by atoms with E-state index in [0.29, 0.717) is 0 Å². The number of hydrogen-bond donors (Lipinski definition) is 1. The lowest BCUT2D eigenvalue weighted by atomic mass is 10.0. The van der Waals surface area contributed by atoms with Gasteiger partial charge < -0.3 is 5.73 Å². The lowest BCUT2D eigenvalue weighted by Crippen LogP contribution is -2.23. The average molecular weight is 240 g/mol. The Hall–Kier alpha value is -0.600. The van der Waals surface area contributed by atoms with Gasteiger partial charge in [-0.1, -0.05) is 40.2 Å². The van der Waals surface area contributed by atoms with Gasteiger partial charge in [0.05, 0.1) is 0 Å². The molecule has 0 aliphatic rings. The van der Waals surface area contributed by atoms with E-state index in [-0.39, 0.29) is 6.04 Å². The molecule has 1 nitrogen and oxygen atoms in total. The van der Waals surface area contributed by atoms with Crippen molar-refractivity contribution in [1.29, 1.82) is 0 Å². The molecule has 0 aliphatic carbocycles. The maximum atomic E-state index is 5.88. The summed E-state index contributed by atoms with van der Waals surface area (Å²) in [6.07, 6.45) is 0.856. The van der Waals surface area contributed by atoms with Crippen LogP contribution in [0.2, 0.25) is 0 Å². The van der Waals surface area contributed by atoms with E-state index in [2.05, 4.69) is 34.6 Å². The minimum atomic E-state index is 0.0642. The van der Waals surface area contributed by atoms with E-state index >= 15 is 0 Å². The second kappa shape index (κ2) is 4.58. The fraction of sp³-hybridized carbons (Fsp3) is 0.273. The van der Waals surface area contributed by atoms with Crippen molar-refractivity contribution in [3.8, 4) is 0 Å². The van der Waals surface area contributed by atoms with Crippen LogP contribution in [0.3, 0.4) is 0 Å². The molecule has 1 aromatic carbocycles. The van der Waals surface area contributed by atoms with Crippen LogP contribution < -0.4 is 5.73 Å². The van der Waals surface area contributed by atoms with Crippen molar-refractivity contribution in [2.24, 2.45) is 5.73 Å². The Balaban J connectivity index is 2.69. The van der Waals surface area contributed by atoms with Crippen LogP contribution in [0, 0.1) is 0 Å². The molecule has 13 heavy (non-hydrogen) atoms. The summed E-state index contributed by atoms with van der Waals surface area (Å²) in [6, 6.07) is 8.26. The van der Waals surface area contributed by atoms with Gasteiger partial charge in [0.2, 0.25) is 0 Å². The number of hydrogen-bond acceptors (Lipinski definition) is 1. The van der Waals surface area contributed by atoms with E-state index in [1.807, 2.05) is 19.1 Å². The molecule has 0 bridgehead atoms. The molecule has 0 aromatic heterocycles. The monoisotopic (exact) mass is 239 g/mol. The fourth-order valence-corrected chi connectivity index (χ4v) is 1.54. The first kappa shape index (κ1) is 10.5. The molecule has 2 N–H and O–H groups in total. The van der Waals surface area contributed by atoms with Gasteiger partial charge in [-0.2, -0.15) is 0 Å². The first-order valence-electron chi connectivity index (χ1n) is 4.25. The van der Waals surface area contributed by atoms with Crippen LogP contribution in [0.4, 0.5) is 0 Å². The van der Waals surface area contributed by atoms with Gasteiger partial charge in [-0.15, -0.1) is 0 Å². The third kappa shape index (κ3) is 3.33. The summed E-state index contributed by atoms with van der Waals surface area (Å²) in [6.45, 7) is 5.80.